The minimum atomic E-state index is -0.111. The van der Waals surface area contributed by atoms with Crippen molar-refractivity contribution in [1.82, 2.24) is 5.32 Å². The van der Waals surface area contributed by atoms with Crippen LogP contribution >= 0.6 is 0 Å². The highest BCUT2D eigenvalue weighted by molar-refractivity contribution is 4.83. The van der Waals surface area contributed by atoms with E-state index < -0.39 is 0 Å². The second-order valence-electron chi connectivity index (χ2n) is 2.98. The molecular formula is C7H17NO. The topological polar surface area (TPSA) is 32.3 Å². The van der Waals surface area contributed by atoms with E-state index in [9.17, 15) is 0 Å². The third-order valence-corrected chi connectivity index (χ3v) is 2.17. The Bertz CT molecular complexity index is 77.0. The van der Waals surface area contributed by atoms with Crippen LogP contribution in [0.4, 0.5) is 0 Å². The van der Waals surface area contributed by atoms with E-state index in [1.165, 1.54) is 0 Å². The van der Waals surface area contributed by atoms with Crippen LogP contribution in [0.1, 0.15) is 20.8 Å². The highest BCUT2D eigenvalue weighted by Crippen LogP contribution is 2.13. The lowest BCUT2D eigenvalue weighted by atomic mass is 9.90. The van der Waals surface area contributed by atoms with Gasteiger partial charge in [0.15, 0.2) is 0 Å². The average molecular weight is 131 g/mol. The molecule has 0 aromatic carbocycles. The second-order valence-corrected chi connectivity index (χ2v) is 2.98. The van der Waals surface area contributed by atoms with E-state index in [4.69, 9.17) is 5.11 Å². The van der Waals surface area contributed by atoms with E-state index in [0.29, 0.717) is 5.92 Å². The van der Waals surface area contributed by atoms with Gasteiger partial charge in [-0.05, 0) is 19.9 Å². The van der Waals surface area contributed by atoms with E-state index in [-0.39, 0.29) is 12.1 Å². The van der Waals surface area contributed by atoms with Gasteiger partial charge in [0, 0.05) is 5.54 Å². The molecule has 0 heterocycles. The maximum atomic E-state index is 8.89. The molecule has 0 aliphatic carbocycles. The molecule has 2 N–H and O–H groups in total. The van der Waals surface area contributed by atoms with Crippen LogP contribution < -0.4 is 5.32 Å². The minimum absolute atomic E-state index is 0.111. The monoisotopic (exact) mass is 131 g/mol. The molecule has 0 unspecified atom stereocenters. The molecule has 2 heteroatoms. The van der Waals surface area contributed by atoms with Gasteiger partial charge in [-0.2, -0.15) is 0 Å². The Hall–Kier alpha value is -0.0800. The minimum Gasteiger partial charge on any atom is -0.394 e. The second kappa shape index (κ2) is 3.18. The number of aliphatic hydroxyl groups is 1. The van der Waals surface area contributed by atoms with E-state index in [0.717, 1.165) is 0 Å². The van der Waals surface area contributed by atoms with Crippen molar-refractivity contribution in [3.8, 4) is 0 Å². The van der Waals surface area contributed by atoms with Crippen molar-refractivity contribution < 1.29 is 5.11 Å². The van der Waals surface area contributed by atoms with Crippen molar-refractivity contribution in [2.75, 3.05) is 13.7 Å². The summed E-state index contributed by atoms with van der Waals surface area (Å²) in [7, 11) is 1.87. The molecule has 0 radical (unpaired) electrons. The largest absolute Gasteiger partial charge is 0.394 e. The van der Waals surface area contributed by atoms with Gasteiger partial charge < -0.3 is 10.4 Å². The first-order valence-corrected chi connectivity index (χ1v) is 3.36. The first-order valence-electron chi connectivity index (χ1n) is 3.36. The van der Waals surface area contributed by atoms with Crippen LogP contribution in [0.3, 0.4) is 0 Å². The summed E-state index contributed by atoms with van der Waals surface area (Å²) in [5.74, 6) is 0.465. The Labute approximate surface area is 57.3 Å². The average Bonchev–Trinajstić information content (AvgIpc) is 1.86. The predicted molar refractivity (Wildman–Crippen MR) is 39.4 cm³/mol. The summed E-state index contributed by atoms with van der Waals surface area (Å²) >= 11 is 0. The van der Waals surface area contributed by atoms with Crippen LogP contribution in [0, 0.1) is 5.92 Å². The summed E-state index contributed by atoms with van der Waals surface area (Å²) in [6.45, 7) is 6.39. The van der Waals surface area contributed by atoms with E-state index in [1.807, 2.05) is 14.0 Å². The van der Waals surface area contributed by atoms with E-state index in [2.05, 4.69) is 19.2 Å². The number of aliphatic hydroxyl groups excluding tert-OH is 1. The van der Waals surface area contributed by atoms with Crippen molar-refractivity contribution in [3.05, 3.63) is 0 Å². The van der Waals surface area contributed by atoms with Crippen molar-refractivity contribution >= 4 is 0 Å². The molecule has 0 bridgehead atoms. The third-order valence-electron chi connectivity index (χ3n) is 2.17. The molecule has 1 atom stereocenters. The smallest absolute Gasteiger partial charge is 0.0613 e. The molecule has 2 nitrogen and oxygen atoms in total. The fraction of sp³-hybridized carbons (Fsp3) is 1.00. The Morgan fingerprint density at radius 1 is 1.56 bits per heavy atom. The molecule has 0 saturated heterocycles. The Morgan fingerprint density at radius 2 is 2.00 bits per heavy atom. The summed E-state index contributed by atoms with van der Waals surface area (Å²) in [5, 5.41) is 12.0. The highest BCUT2D eigenvalue weighted by Gasteiger charge is 2.24. The summed E-state index contributed by atoms with van der Waals surface area (Å²) in [6, 6.07) is 0. The zero-order valence-electron chi connectivity index (χ0n) is 6.73. The molecule has 9 heavy (non-hydrogen) atoms. The summed E-state index contributed by atoms with van der Waals surface area (Å²) in [5.41, 5.74) is -0.111. The van der Waals surface area contributed by atoms with Crippen LogP contribution in [0.25, 0.3) is 0 Å². The van der Waals surface area contributed by atoms with Crippen LogP contribution in [-0.4, -0.2) is 24.3 Å². The zero-order chi connectivity index (χ0) is 7.49. The van der Waals surface area contributed by atoms with Gasteiger partial charge in [-0.15, -0.1) is 0 Å². The van der Waals surface area contributed by atoms with Gasteiger partial charge in [0.2, 0.25) is 0 Å². The lowest BCUT2D eigenvalue weighted by Crippen LogP contribution is -2.47. The normalized spacial score (nSPS) is 18.0. The molecule has 0 fully saturated rings. The molecule has 0 rings (SSSR count). The number of rotatable bonds is 3. The lowest BCUT2D eigenvalue weighted by molar-refractivity contribution is 0.141. The van der Waals surface area contributed by atoms with E-state index >= 15 is 0 Å². The Kier molecular flexibility index (Phi) is 3.15. The van der Waals surface area contributed by atoms with Gasteiger partial charge in [-0.25, -0.2) is 0 Å². The first kappa shape index (κ1) is 8.92. The lowest BCUT2D eigenvalue weighted by Gasteiger charge is -2.30. The maximum Gasteiger partial charge on any atom is 0.0613 e. The number of hydrogen-bond acceptors (Lipinski definition) is 2. The number of likely N-dealkylation sites (N-methyl/N-ethyl adjacent to an activating group) is 1. The van der Waals surface area contributed by atoms with Crippen molar-refractivity contribution in [2.45, 2.75) is 26.3 Å². The van der Waals surface area contributed by atoms with Gasteiger partial charge in [-0.1, -0.05) is 13.8 Å². The number of nitrogens with one attached hydrogen (secondary N) is 1. The predicted octanol–water partition coefficient (Wildman–Crippen LogP) is 0.613. The summed E-state index contributed by atoms with van der Waals surface area (Å²) < 4.78 is 0. The van der Waals surface area contributed by atoms with Crippen LogP contribution in [-0.2, 0) is 0 Å². The van der Waals surface area contributed by atoms with Crippen LogP contribution in [0.15, 0.2) is 0 Å². The fourth-order valence-corrected chi connectivity index (χ4v) is 0.550. The standard InChI is InChI=1S/C7H17NO/c1-6(2)7(3,5-9)8-4/h6,8-9H,5H2,1-4H3/t7-/m0/s1. The first-order chi connectivity index (χ1) is 4.06. The van der Waals surface area contributed by atoms with Gasteiger partial charge >= 0.3 is 0 Å². The molecule has 0 aromatic heterocycles. The quantitative estimate of drug-likeness (QED) is 0.588. The van der Waals surface area contributed by atoms with Crippen molar-refractivity contribution in [2.24, 2.45) is 5.92 Å². The van der Waals surface area contributed by atoms with Gasteiger partial charge in [0.25, 0.3) is 0 Å². The van der Waals surface area contributed by atoms with Crippen LogP contribution in [0.5, 0.6) is 0 Å². The fourth-order valence-electron chi connectivity index (χ4n) is 0.550. The Morgan fingerprint density at radius 3 is 2.00 bits per heavy atom. The van der Waals surface area contributed by atoms with Crippen molar-refractivity contribution in [3.63, 3.8) is 0 Å². The maximum absolute atomic E-state index is 8.89. The molecule has 0 amide bonds. The van der Waals surface area contributed by atoms with Gasteiger partial charge in [0.05, 0.1) is 6.61 Å². The zero-order valence-corrected chi connectivity index (χ0v) is 6.73. The molecule has 0 aliphatic rings. The third kappa shape index (κ3) is 1.95. The SMILES string of the molecule is CN[C@@](C)(CO)C(C)C. The number of hydrogen-bond donors (Lipinski definition) is 2. The highest BCUT2D eigenvalue weighted by atomic mass is 16.3. The van der Waals surface area contributed by atoms with E-state index in [1.54, 1.807) is 0 Å². The molecule has 0 aromatic rings. The van der Waals surface area contributed by atoms with Crippen molar-refractivity contribution in [1.29, 1.82) is 0 Å². The molecule has 0 aliphatic heterocycles. The molecule has 0 spiro atoms. The van der Waals surface area contributed by atoms with Gasteiger partial charge in [0.1, 0.15) is 0 Å². The van der Waals surface area contributed by atoms with Gasteiger partial charge in [-0.3, -0.25) is 0 Å². The summed E-state index contributed by atoms with van der Waals surface area (Å²) in [4.78, 5) is 0. The summed E-state index contributed by atoms with van der Waals surface area (Å²) in [6.07, 6.45) is 0. The molecule has 0 saturated carbocycles. The van der Waals surface area contributed by atoms with Crippen LogP contribution in [0.2, 0.25) is 0 Å². The molecule has 56 valence electrons. The Balaban J connectivity index is 3.92. The molecular weight excluding hydrogens is 114 g/mol.